The van der Waals surface area contributed by atoms with E-state index in [1.165, 1.54) is 18.9 Å². The molecule has 0 amide bonds. The fourth-order valence-electron chi connectivity index (χ4n) is 3.21. The number of nitrogens with one attached hydrogen (secondary N) is 1. The first-order chi connectivity index (χ1) is 12.9. The molecule has 0 atom stereocenters. The molecule has 0 aromatic carbocycles. The van der Waals surface area contributed by atoms with Crippen LogP contribution in [-0.2, 0) is 6.42 Å². The summed E-state index contributed by atoms with van der Waals surface area (Å²) in [4.78, 5) is 13.2. The number of imidazole rings is 1. The van der Waals surface area contributed by atoms with Gasteiger partial charge in [-0.05, 0) is 43.2 Å². The number of pyridine rings is 1. The highest BCUT2D eigenvalue weighted by Gasteiger charge is 2.36. The Labute approximate surface area is 158 Å². The predicted octanol–water partition coefficient (Wildman–Crippen LogP) is 4.41. The molecule has 3 aromatic rings. The van der Waals surface area contributed by atoms with E-state index in [-0.39, 0.29) is 5.82 Å². The number of rotatable bonds is 6. The molecule has 0 bridgehead atoms. The molecule has 0 aliphatic heterocycles. The highest BCUT2D eigenvalue weighted by Crippen LogP contribution is 2.44. The largest absolute Gasteiger partial charge is 0.354 e. The van der Waals surface area contributed by atoms with Gasteiger partial charge in [0.05, 0.1) is 5.69 Å². The van der Waals surface area contributed by atoms with Crippen molar-refractivity contribution in [2.75, 3.05) is 11.9 Å². The molecule has 0 saturated heterocycles. The second kappa shape index (κ2) is 6.44. The van der Waals surface area contributed by atoms with Crippen LogP contribution in [0.1, 0.15) is 49.2 Å². The lowest BCUT2D eigenvalue weighted by atomic mass is 10.0. The van der Waals surface area contributed by atoms with Gasteiger partial charge >= 0.3 is 0 Å². The van der Waals surface area contributed by atoms with Crippen molar-refractivity contribution < 1.29 is 4.39 Å². The van der Waals surface area contributed by atoms with E-state index in [1.54, 1.807) is 16.8 Å². The molecular formula is C21H24FN5. The Morgan fingerprint density at radius 2 is 2.11 bits per heavy atom. The van der Waals surface area contributed by atoms with Crippen LogP contribution in [0.15, 0.2) is 31.2 Å². The fourth-order valence-corrected chi connectivity index (χ4v) is 3.21. The van der Waals surface area contributed by atoms with Gasteiger partial charge < -0.3 is 9.72 Å². The first-order valence-corrected chi connectivity index (χ1v) is 9.33. The van der Waals surface area contributed by atoms with Crippen LogP contribution in [0.25, 0.3) is 11.2 Å². The molecule has 1 N–H and O–H groups in total. The second-order valence-corrected chi connectivity index (χ2v) is 7.71. The Morgan fingerprint density at radius 1 is 1.33 bits per heavy atom. The van der Waals surface area contributed by atoms with Gasteiger partial charge in [-0.1, -0.05) is 20.4 Å². The summed E-state index contributed by atoms with van der Waals surface area (Å²) in [5.74, 6) is 0.268. The van der Waals surface area contributed by atoms with Crippen molar-refractivity contribution in [1.29, 1.82) is 0 Å². The van der Waals surface area contributed by atoms with Crippen LogP contribution in [0.3, 0.4) is 0 Å². The number of nitrogens with zero attached hydrogens (tertiary/aromatic N) is 4. The van der Waals surface area contributed by atoms with Crippen molar-refractivity contribution in [3.05, 3.63) is 59.6 Å². The third-order valence-electron chi connectivity index (χ3n) is 5.43. The van der Waals surface area contributed by atoms with Crippen molar-refractivity contribution in [3.63, 3.8) is 0 Å². The summed E-state index contributed by atoms with van der Waals surface area (Å²) in [5, 5.41) is 3.31. The third kappa shape index (κ3) is 3.31. The molecule has 0 spiro atoms. The maximum atomic E-state index is 14.5. The average molecular weight is 365 g/mol. The van der Waals surface area contributed by atoms with Crippen LogP contribution in [-0.4, -0.2) is 25.9 Å². The summed E-state index contributed by atoms with van der Waals surface area (Å²) in [6.07, 6.45) is 8.62. The van der Waals surface area contributed by atoms with Crippen LogP contribution < -0.4 is 5.32 Å². The summed E-state index contributed by atoms with van der Waals surface area (Å²) in [7, 11) is 0. The Hall–Kier alpha value is -2.76. The second-order valence-electron chi connectivity index (χ2n) is 7.71. The molecule has 3 heterocycles. The average Bonchev–Trinajstić information content (AvgIpc) is 3.24. The van der Waals surface area contributed by atoms with Gasteiger partial charge in [0.25, 0.3) is 0 Å². The molecule has 0 unspecified atom stereocenters. The number of aryl methyl sites for hydroxylation is 2. The lowest BCUT2D eigenvalue weighted by Crippen LogP contribution is -2.14. The highest BCUT2D eigenvalue weighted by atomic mass is 19.1. The van der Waals surface area contributed by atoms with Crippen molar-refractivity contribution >= 4 is 17.2 Å². The monoisotopic (exact) mass is 365 g/mol. The van der Waals surface area contributed by atoms with Gasteiger partial charge in [-0.3, -0.25) is 0 Å². The van der Waals surface area contributed by atoms with Crippen LogP contribution >= 0.6 is 0 Å². The summed E-state index contributed by atoms with van der Waals surface area (Å²) in [6, 6.07) is 1.48. The summed E-state index contributed by atoms with van der Waals surface area (Å²) < 4.78 is 16.3. The van der Waals surface area contributed by atoms with E-state index in [9.17, 15) is 4.39 Å². The van der Waals surface area contributed by atoms with Crippen molar-refractivity contribution in [2.45, 2.75) is 40.0 Å². The molecule has 1 aliphatic rings. The molecule has 6 heteroatoms. The maximum absolute atomic E-state index is 14.5. The Morgan fingerprint density at radius 3 is 2.78 bits per heavy atom. The van der Waals surface area contributed by atoms with E-state index in [4.69, 9.17) is 0 Å². The molecule has 140 valence electrons. The van der Waals surface area contributed by atoms with Gasteiger partial charge in [0.1, 0.15) is 0 Å². The predicted molar refractivity (Wildman–Crippen MR) is 105 cm³/mol. The number of hydrogen-bond acceptors (Lipinski definition) is 4. The third-order valence-corrected chi connectivity index (χ3v) is 5.43. The van der Waals surface area contributed by atoms with Gasteiger partial charge in [0, 0.05) is 42.0 Å². The van der Waals surface area contributed by atoms with Crippen molar-refractivity contribution in [1.82, 2.24) is 19.4 Å². The van der Waals surface area contributed by atoms with Gasteiger partial charge in [-0.15, -0.1) is 0 Å². The van der Waals surface area contributed by atoms with Crippen molar-refractivity contribution in [2.24, 2.45) is 5.41 Å². The molecule has 3 aromatic heterocycles. The van der Waals surface area contributed by atoms with Crippen LogP contribution in [0.5, 0.6) is 0 Å². The smallest absolute Gasteiger partial charge is 0.222 e. The first kappa shape index (κ1) is 17.6. The zero-order valence-electron chi connectivity index (χ0n) is 16.0. The zero-order valence-corrected chi connectivity index (χ0v) is 16.0. The summed E-state index contributed by atoms with van der Waals surface area (Å²) in [5.41, 5.74) is 4.71. The van der Waals surface area contributed by atoms with Gasteiger partial charge in [-0.25, -0.2) is 19.3 Å². The normalized spacial score (nSPS) is 15.1. The number of aromatic nitrogens is 4. The lowest BCUT2D eigenvalue weighted by Gasteiger charge is -2.13. The molecule has 5 nitrogen and oxygen atoms in total. The minimum atomic E-state index is -0.358. The van der Waals surface area contributed by atoms with E-state index < -0.39 is 0 Å². The molecule has 1 fully saturated rings. The Balaban J connectivity index is 1.63. The molecule has 0 radical (unpaired) electrons. The zero-order chi connectivity index (χ0) is 19.2. The van der Waals surface area contributed by atoms with E-state index in [0.717, 1.165) is 29.9 Å². The van der Waals surface area contributed by atoms with E-state index in [1.807, 2.05) is 20.0 Å². The molecule has 27 heavy (non-hydrogen) atoms. The van der Waals surface area contributed by atoms with E-state index >= 15 is 0 Å². The highest BCUT2D eigenvalue weighted by molar-refractivity contribution is 5.79. The van der Waals surface area contributed by atoms with E-state index in [0.29, 0.717) is 28.1 Å². The lowest BCUT2D eigenvalue weighted by molar-refractivity contribution is 0.607. The molecule has 1 aliphatic carbocycles. The maximum Gasteiger partial charge on any atom is 0.222 e. The quantitative estimate of drug-likeness (QED) is 0.703. The van der Waals surface area contributed by atoms with Crippen molar-refractivity contribution in [3.8, 4) is 0 Å². The van der Waals surface area contributed by atoms with Crippen LogP contribution in [0.4, 0.5) is 10.3 Å². The van der Waals surface area contributed by atoms with Gasteiger partial charge in [0.2, 0.25) is 5.95 Å². The van der Waals surface area contributed by atoms with Crippen LogP contribution in [0.2, 0.25) is 0 Å². The van der Waals surface area contributed by atoms with Gasteiger partial charge in [-0.2, -0.15) is 0 Å². The SMILES string of the molecule is C=C(c1cc(F)c2ncc(CC)n2c1)c1cnc(NCC2(C)CC2)nc1C. The summed E-state index contributed by atoms with van der Waals surface area (Å²) in [6.45, 7) is 11.3. The topological polar surface area (TPSA) is 55.1 Å². The standard InChI is InChI=1S/C21H24FN5/c1-5-16-9-23-19-18(22)8-15(11-27(16)19)13(2)17-10-24-20(26-14(17)3)25-12-21(4)6-7-21/h8-11H,2,5-7,12H2,1,3-4H3,(H,24,25,26). The first-order valence-electron chi connectivity index (χ1n) is 9.33. The number of halogens is 1. The fraction of sp³-hybridized carbons (Fsp3) is 0.381. The number of fused-ring (bicyclic) bond motifs is 1. The van der Waals surface area contributed by atoms with Gasteiger partial charge in [0.15, 0.2) is 11.5 Å². The number of anilines is 1. The number of hydrogen-bond donors (Lipinski definition) is 1. The van der Waals surface area contributed by atoms with Crippen LogP contribution in [0, 0.1) is 18.2 Å². The Bertz CT molecular complexity index is 1030. The minimum absolute atomic E-state index is 0.337. The summed E-state index contributed by atoms with van der Waals surface area (Å²) >= 11 is 0. The molecule has 4 rings (SSSR count). The minimum Gasteiger partial charge on any atom is -0.354 e. The Kier molecular flexibility index (Phi) is 4.21. The molecular weight excluding hydrogens is 341 g/mol. The van der Waals surface area contributed by atoms with E-state index in [2.05, 4.69) is 33.8 Å². The molecule has 1 saturated carbocycles.